The number of rotatable bonds is 2. The van der Waals surface area contributed by atoms with E-state index in [1.54, 1.807) is 17.3 Å². The number of nitrogens with zero attached hydrogens (tertiary/aromatic N) is 4. The second-order valence-corrected chi connectivity index (χ2v) is 9.45. The number of likely N-dealkylation sites (N-methyl/N-ethyl adjacent to an activating group) is 1. The normalized spacial score (nSPS) is 21.3. The van der Waals surface area contributed by atoms with Gasteiger partial charge in [0.2, 0.25) is 5.88 Å². The van der Waals surface area contributed by atoms with E-state index in [1.807, 2.05) is 58.2 Å². The highest BCUT2D eigenvalue weighted by Crippen LogP contribution is 2.28. The molecule has 1 saturated heterocycles. The predicted molar refractivity (Wildman–Crippen MR) is 127 cm³/mol. The van der Waals surface area contributed by atoms with E-state index < -0.39 is 6.09 Å². The summed E-state index contributed by atoms with van der Waals surface area (Å²) in [6.45, 7) is 8.82. The number of nitrogens with one attached hydrogen (secondary N) is 2. The van der Waals surface area contributed by atoms with Crippen LogP contribution >= 0.6 is 0 Å². The highest BCUT2D eigenvalue weighted by molar-refractivity contribution is 5.75. The van der Waals surface area contributed by atoms with Crippen molar-refractivity contribution in [2.24, 2.45) is 10.4 Å². The standard InChI is InChI=1S/C24H30N6O3/c1-24(2,3)20-18(25-15-26-20)19-21(31)27-17(14-16-8-6-5-7-9-16)22(28-19)33-23(32)30-12-10-29(4)11-13-30/h5-9,14-15,20H,10-13H2,1-4H3,(H,25,26)(H,27,31). The summed E-state index contributed by atoms with van der Waals surface area (Å²) in [6, 6.07) is 9.22. The minimum Gasteiger partial charge on any atom is -0.389 e. The highest BCUT2D eigenvalue weighted by atomic mass is 16.6. The second-order valence-electron chi connectivity index (χ2n) is 9.45. The lowest BCUT2D eigenvalue weighted by atomic mass is 9.85. The molecule has 2 aliphatic rings. The van der Waals surface area contributed by atoms with Crippen LogP contribution in [-0.4, -0.2) is 71.5 Å². The number of hydrogen-bond acceptors (Lipinski definition) is 7. The average molecular weight is 451 g/mol. The van der Waals surface area contributed by atoms with Crippen molar-refractivity contribution in [3.63, 3.8) is 0 Å². The van der Waals surface area contributed by atoms with Gasteiger partial charge in [-0.05, 0) is 24.1 Å². The molecule has 1 aromatic heterocycles. The van der Waals surface area contributed by atoms with Crippen LogP contribution < -0.4 is 26.3 Å². The van der Waals surface area contributed by atoms with Gasteiger partial charge in [0.15, 0.2) is 5.35 Å². The first-order chi connectivity index (χ1) is 15.7. The molecule has 2 N–H and O–H groups in total. The number of carbonyl (C=O) groups is 1. The number of benzene rings is 1. The van der Waals surface area contributed by atoms with Crippen molar-refractivity contribution in [3.05, 3.63) is 56.9 Å². The molecule has 9 heteroatoms. The molecule has 4 rings (SSSR count). The average Bonchev–Trinajstić information content (AvgIpc) is 3.27. The fourth-order valence-corrected chi connectivity index (χ4v) is 3.85. The predicted octanol–water partition coefficient (Wildman–Crippen LogP) is 0.499. The van der Waals surface area contributed by atoms with Gasteiger partial charge in [-0.25, -0.2) is 9.78 Å². The first-order valence-corrected chi connectivity index (χ1v) is 11.1. The molecule has 2 aliphatic heterocycles. The molecular formula is C24H30N6O3. The van der Waals surface area contributed by atoms with Gasteiger partial charge in [0.1, 0.15) is 5.35 Å². The van der Waals surface area contributed by atoms with Crippen LogP contribution in [0.3, 0.4) is 0 Å². The smallest absolute Gasteiger partial charge is 0.389 e. The molecule has 0 radical (unpaired) electrons. The molecule has 33 heavy (non-hydrogen) atoms. The zero-order valence-corrected chi connectivity index (χ0v) is 19.5. The number of piperazine rings is 1. The number of amides is 1. The lowest BCUT2D eigenvalue weighted by molar-refractivity contribution is 0.118. The molecule has 1 unspecified atom stereocenters. The molecule has 1 aromatic carbocycles. The van der Waals surface area contributed by atoms with Crippen molar-refractivity contribution in [2.75, 3.05) is 33.2 Å². The SMILES string of the molecule is CN1CCN(C(=O)Oc2nc(=C3NC=NC3C(C)(C)C)c(=O)[nH]c2=Cc2ccccc2)CC1. The van der Waals surface area contributed by atoms with Gasteiger partial charge in [-0.15, -0.1) is 0 Å². The third kappa shape index (κ3) is 5.14. The maximum Gasteiger partial charge on any atom is 0.416 e. The van der Waals surface area contributed by atoms with Gasteiger partial charge in [0, 0.05) is 26.2 Å². The number of aromatic nitrogens is 2. The zero-order chi connectivity index (χ0) is 23.6. The van der Waals surface area contributed by atoms with Gasteiger partial charge in [0.25, 0.3) is 5.56 Å². The highest BCUT2D eigenvalue weighted by Gasteiger charge is 2.32. The first kappa shape index (κ1) is 22.7. The zero-order valence-electron chi connectivity index (χ0n) is 19.5. The number of aliphatic imine (C=N–C) groups is 1. The van der Waals surface area contributed by atoms with Gasteiger partial charge in [-0.1, -0.05) is 51.1 Å². The molecule has 2 aromatic rings. The lowest BCUT2D eigenvalue weighted by Gasteiger charge is -2.31. The quantitative estimate of drug-likeness (QED) is 0.691. The van der Waals surface area contributed by atoms with Gasteiger partial charge in [-0.2, -0.15) is 0 Å². The van der Waals surface area contributed by atoms with Crippen molar-refractivity contribution in [2.45, 2.75) is 26.8 Å². The maximum absolute atomic E-state index is 13.1. The summed E-state index contributed by atoms with van der Waals surface area (Å²) in [7, 11) is 2.02. The van der Waals surface area contributed by atoms with Crippen LogP contribution in [0.1, 0.15) is 26.3 Å². The Kier molecular flexibility index (Phi) is 6.33. The first-order valence-electron chi connectivity index (χ1n) is 11.1. The minimum absolute atomic E-state index is 0.0613. The topological polar surface area (TPSA) is 103 Å². The Morgan fingerprint density at radius 2 is 1.85 bits per heavy atom. The Balaban J connectivity index is 1.81. The van der Waals surface area contributed by atoms with E-state index >= 15 is 0 Å². The molecule has 0 bridgehead atoms. The third-order valence-electron chi connectivity index (χ3n) is 5.76. The summed E-state index contributed by atoms with van der Waals surface area (Å²) in [5.41, 5.74) is 0.836. The van der Waals surface area contributed by atoms with E-state index in [1.165, 1.54) is 0 Å². The molecule has 1 fully saturated rings. The minimum atomic E-state index is -0.482. The van der Waals surface area contributed by atoms with Crippen LogP contribution in [-0.2, 0) is 0 Å². The van der Waals surface area contributed by atoms with E-state index in [0.717, 1.165) is 18.7 Å². The van der Waals surface area contributed by atoms with Crippen LogP contribution in [0.25, 0.3) is 11.8 Å². The van der Waals surface area contributed by atoms with Crippen LogP contribution in [0.4, 0.5) is 4.79 Å². The van der Waals surface area contributed by atoms with Gasteiger partial charge >= 0.3 is 6.09 Å². The molecule has 0 spiro atoms. The van der Waals surface area contributed by atoms with Crippen LogP contribution in [0.2, 0.25) is 0 Å². The molecule has 1 amide bonds. The summed E-state index contributed by atoms with van der Waals surface area (Å²) in [4.78, 5) is 41.6. The summed E-state index contributed by atoms with van der Waals surface area (Å²) in [5, 5.41) is 3.57. The Hall–Kier alpha value is -3.46. The van der Waals surface area contributed by atoms with Gasteiger partial charge < -0.3 is 24.8 Å². The van der Waals surface area contributed by atoms with E-state index in [9.17, 15) is 9.59 Å². The number of H-pyrrole nitrogens is 1. The Morgan fingerprint density at radius 3 is 2.52 bits per heavy atom. The molecule has 0 saturated carbocycles. The third-order valence-corrected chi connectivity index (χ3v) is 5.76. The fourth-order valence-electron chi connectivity index (χ4n) is 3.85. The number of carbonyl (C=O) groups excluding carboxylic acids is 1. The van der Waals surface area contributed by atoms with Gasteiger partial charge in [0.05, 0.1) is 18.1 Å². The monoisotopic (exact) mass is 450 g/mol. The van der Waals surface area contributed by atoms with E-state index in [0.29, 0.717) is 24.1 Å². The van der Waals surface area contributed by atoms with Crippen molar-refractivity contribution in [1.82, 2.24) is 25.1 Å². The second kappa shape index (κ2) is 9.19. The molecule has 174 valence electrons. The van der Waals surface area contributed by atoms with Crippen molar-refractivity contribution < 1.29 is 9.53 Å². The maximum atomic E-state index is 13.1. The van der Waals surface area contributed by atoms with Crippen molar-refractivity contribution in [1.29, 1.82) is 0 Å². The number of aromatic amines is 1. The van der Waals surface area contributed by atoms with E-state index in [4.69, 9.17) is 4.74 Å². The van der Waals surface area contributed by atoms with Gasteiger partial charge in [-0.3, -0.25) is 9.79 Å². The summed E-state index contributed by atoms with van der Waals surface area (Å²) in [5.74, 6) is 0.0613. The Bertz CT molecular complexity index is 1220. The Morgan fingerprint density at radius 1 is 1.15 bits per heavy atom. The molecule has 3 heterocycles. The number of hydrogen-bond donors (Lipinski definition) is 2. The fraction of sp³-hybridized carbons (Fsp3) is 0.417. The van der Waals surface area contributed by atoms with Crippen LogP contribution in [0.15, 0.2) is 40.1 Å². The van der Waals surface area contributed by atoms with E-state index in [-0.39, 0.29) is 28.2 Å². The summed E-state index contributed by atoms with van der Waals surface area (Å²) < 4.78 is 5.74. The molecule has 9 nitrogen and oxygen atoms in total. The van der Waals surface area contributed by atoms with Crippen LogP contribution in [0.5, 0.6) is 5.88 Å². The largest absolute Gasteiger partial charge is 0.416 e. The summed E-state index contributed by atoms with van der Waals surface area (Å²) in [6.07, 6.45) is 2.84. The van der Waals surface area contributed by atoms with Crippen LogP contribution in [0, 0.1) is 5.41 Å². The summed E-state index contributed by atoms with van der Waals surface area (Å²) >= 11 is 0. The van der Waals surface area contributed by atoms with E-state index in [2.05, 4.69) is 25.2 Å². The number of ether oxygens (including phenoxy) is 1. The lowest BCUT2D eigenvalue weighted by Crippen LogP contribution is -2.49. The molecule has 1 atom stereocenters. The van der Waals surface area contributed by atoms with Crippen molar-refractivity contribution >= 4 is 24.2 Å². The van der Waals surface area contributed by atoms with Crippen molar-refractivity contribution in [3.8, 4) is 5.88 Å². The molecule has 0 aliphatic carbocycles. The molecular weight excluding hydrogens is 420 g/mol. The Labute approximate surface area is 192 Å².